The summed E-state index contributed by atoms with van der Waals surface area (Å²) in [6.07, 6.45) is 0. The van der Waals surface area contributed by atoms with Crippen LogP contribution in [-0.4, -0.2) is 24.1 Å². The second-order valence-corrected chi connectivity index (χ2v) is 4.08. The standard InChI is InChI=1S/C13H17NO4/c1-7-8(2)11(18-4)6-5-10(7)12(13(16)17)14-9(3)15/h5-6,12H,1-4H3,(H,14,15)(H,16,17). The molecule has 0 aromatic heterocycles. The van der Waals surface area contributed by atoms with Gasteiger partial charge in [-0.2, -0.15) is 0 Å². The fraction of sp³-hybridized carbons (Fsp3) is 0.385. The summed E-state index contributed by atoms with van der Waals surface area (Å²) < 4.78 is 5.17. The fourth-order valence-corrected chi connectivity index (χ4v) is 1.83. The minimum Gasteiger partial charge on any atom is -0.496 e. The molecule has 0 aliphatic heterocycles. The summed E-state index contributed by atoms with van der Waals surface area (Å²) in [5.41, 5.74) is 2.23. The maximum atomic E-state index is 11.2. The quantitative estimate of drug-likeness (QED) is 0.851. The largest absolute Gasteiger partial charge is 0.496 e. The van der Waals surface area contributed by atoms with E-state index in [0.29, 0.717) is 11.3 Å². The molecule has 2 N–H and O–H groups in total. The van der Waals surface area contributed by atoms with E-state index in [1.54, 1.807) is 19.2 Å². The molecule has 0 heterocycles. The molecule has 5 nitrogen and oxygen atoms in total. The van der Waals surface area contributed by atoms with E-state index in [9.17, 15) is 14.7 Å². The van der Waals surface area contributed by atoms with E-state index in [0.717, 1.165) is 11.1 Å². The van der Waals surface area contributed by atoms with Crippen molar-refractivity contribution in [2.45, 2.75) is 26.8 Å². The number of aliphatic carboxylic acids is 1. The van der Waals surface area contributed by atoms with Crippen LogP contribution in [0.4, 0.5) is 0 Å². The normalized spacial score (nSPS) is 11.8. The average molecular weight is 251 g/mol. The van der Waals surface area contributed by atoms with Crippen LogP contribution in [0.3, 0.4) is 0 Å². The summed E-state index contributed by atoms with van der Waals surface area (Å²) in [6, 6.07) is 2.33. The van der Waals surface area contributed by atoms with Crippen LogP contribution in [0, 0.1) is 13.8 Å². The molecular weight excluding hydrogens is 234 g/mol. The molecule has 1 amide bonds. The van der Waals surface area contributed by atoms with Crippen LogP contribution in [0.15, 0.2) is 12.1 Å². The molecule has 1 unspecified atom stereocenters. The Balaban J connectivity index is 3.25. The van der Waals surface area contributed by atoms with Crippen molar-refractivity contribution in [1.82, 2.24) is 5.32 Å². The van der Waals surface area contributed by atoms with E-state index in [4.69, 9.17) is 4.74 Å². The number of ether oxygens (including phenoxy) is 1. The molecule has 1 rings (SSSR count). The van der Waals surface area contributed by atoms with Gasteiger partial charge in [-0.05, 0) is 36.6 Å². The third-order valence-electron chi connectivity index (χ3n) is 2.90. The van der Waals surface area contributed by atoms with Gasteiger partial charge < -0.3 is 15.2 Å². The van der Waals surface area contributed by atoms with E-state index >= 15 is 0 Å². The highest BCUT2D eigenvalue weighted by Crippen LogP contribution is 2.27. The molecule has 0 bridgehead atoms. The van der Waals surface area contributed by atoms with Gasteiger partial charge in [0.05, 0.1) is 7.11 Å². The SMILES string of the molecule is COc1ccc(C(NC(C)=O)C(=O)O)c(C)c1C. The van der Waals surface area contributed by atoms with Gasteiger partial charge in [0.15, 0.2) is 6.04 Å². The number of rotatable bonds is 4. The molecule has 18 heavy (non-hydrogen) atoms. The van der Waals surface area contributed by atoms with Crippen molar-refractivity contribution < 1.29 is 19.4 Å². The molecule has 0 fully saturated rings. The summed E-state index contributed by atoms with van der Waals surface area (Å²) in [7, 11) is 1.56. The Morgan fingerprint density at radius 1 is 1.28 bits per heavy atom. The number of carbonyl (C=O) groups excluding carboxylic acids is 1. The molecule has 0 aliphatic carbocycles. The van der Waals surface area contributed by atoms with Gasteiger partial charge in [0.25, 0.3) is 0 Å². The second kappa shape index (κ2) is 5.53. The maximum absolute atomic E-state index is 11.2. The molecule has 0 saturated carbocycles. The predicted octanol–water partition coefficient (Wildman–Crippen LogP) is 1.57. The molecule has 98 valence electrons. The van der Waals surface area contributed by atoms with Crippen LogP contribution < -0.4 is 10.1 Å². The number of nitrogens with one attached hydrogen (secondary N) is 1. The highest BCUT2D eigenvalue weighted by atomic mass is 16.5. The lowest BCUT2D eigenvalue weighted by atomic mass is 9.96. The first-order valence-corrected chi connectivity index (χ1v) is 5.52. The van der Waals surface area contributed by atoms with E-state index in [2.05, 4.69) is 5.32 Å². The highest BCUT2D eigenvalue weighted by Gasteiger charge is 2.23. The Labute approximate surface area is 106 Å². The van der Waals surface area contributed by atoms with Gasteiger partial charge in [-0.1, -0.05) is 6.07 Å². The van der Waals surface area contributed by atoms with Crippen LogP contribution >= 0.6 is 0 Å². The molecule has 1 atom stereocenters. The first kappa shape index (κ1) is 14.0. The monoisotopic (exact) mass is 251 g/mol. The van der Waals surface area contributed by atoms with E-state index in [-0.39, 0.29) is 5.91 Å². The van der Waals surface area contributed by atoms with Gasteiger partial charge in [0.2, 0.25) is 5.91 Å². The van der Waals surface area contributed by atoms with Gasteiger partial charge in [-0.25, -0.2) is 4.79 Å². The number of methoxy groups -OCH3 is 1. The van der Waals surface area contributed by atoms with Crippen molar-refractivity contribution in [3.8, 4) is 5.75 Å². The number of carboxylic acid groups (broad SMARTS) is 1. The van der Waals surface area contributed by atoms with Gasteiger partial charge in [-0.3, -0.25) is 4.79 Å². The molecule has 0 aliphatic rings. The number of amides is 1. The Morgan fingerprint density at radius 2 is 1.89 bits per heavy atom. The van der Waals surface area contributed by atoms with Gasteiger partial charge in [0, 0.05) is 6.92 Å². The number of carbonyl (C=O) groups is 2. The first-order chi connectivity index (χ1) is 8.38. The predicted molar refractivity (Wildman–Crippen MR) is 66.7 cm³/mol. The van der Waals surface area contributed by atoms with Crippen LogP contribution in [-0.2, 0) is 9.59 Å². The van der Waals surface area contributed by atoms with Crippen molar-refractivity contribution in [3.63, 3.8) is 0 Å². The van der Waals surface area contributed by atoms with Gasteiger partial charge in [0.1, 0.15) is 5.75 Å². The second-order valence-electron chi connectivity index (χ2n) is 4.08. The third-order valence-corrected chi connectivity index (χ3v) is 2.90. The summed E-state index contributed by atoms with van der Waals surface area (Å²) in [5, 5.41) is 11.6. The number of hydrogen-bond acceptors (Lipinski definition) is 3. The van der Waals surface area contributed by atoms with Crippen LogP contribution in [0.5, 0.6) is 5.75 Å². The van der Waals surface area contributed by atoms with E-state index in [1.165, 1.54) is 6.92 Å². The van der Waals surface area contributed by atoms with Gasteiger partial charge in [-0.15, -0.1) is 0 Å². The zero-order valence-corrected chi connectivity index (χ0v) is 10.9. The summed E-state index contributed by atoms with van der Waals surface area (Å²) in [4.78, 5) is 22.3. The molecule has 5 heteroatoms. The highest BCUT2D eigenvalue weighted by molar-refractivity contribution is 5.83. The van der Waals surface area contributed by atoms with Crippen molar-refractivity contribution in [1.29, 1.82) is 0 Å². The van der Waals surface area contributed by atoms with Crippen molar-refractivity contribution in [2.24, 2.45) is 0 Å². The van der Waals surface area contributed by atoms with E-state index < -0.39 is 12.0 Å². The lowest BCUT2D eigenvalue weighted by Gasteiger charge is -2.18. The van der Waals surface area contributed by atoms with E-state index in [1.807, 2.05) is 13.8 Å². The minimum atomic E-state index is -1.09. The van der Waals surface area contributed by atoms with Crippen molar-refractivity contribution in [3.05, 3.63) is 28.8 Å². The fourth-order valence-electron chi connectivity index (χ4n) is 1.83. The maximum Gasteiger partial charge on any atom is 0.330 e. The van der Waals surface area contributed by atoms with Crippen LogP contribution in [0.2, 0.25) is 0 Å². The van der Waals surface area contributed by atoms with Crippen molar-refractivity contribution in [2.75, 3.05) is 7.11 Å². The molecule has 0 spiro atoms. The number of carboxylic acids is 1. The molecule has 0 radical (unpaired) electrons. The minimum absolute atomic E-state index is 0.379. The van der Waals surface area contributed by atoms with Gasteiger partial charge >= 0.3 is 5.97 Å². The zero-order chi connectivity index (χ0) is 13.9. The Hall–Kier alpha value is -2.04. The molecule has 1 aromatic carbocycles. The first-order valence-electron chi connectivity index (χ1n) is 5.52. The molecule has 1 aromatic rings. The Kier molecular flexibility index (Phi) is 4.31. The van der Waals surface area contributed by atoms with Crippen molar-refractivity contribution >= 4 is 11.9 Å². The Morgan fingerprint density at radius 3 is 2.33 bits per heavy atom. The molecule has 0 saturated heterocycles. The summed E-state index contributed by atoms with van der Waals surface area (Å²) in [5.74, 6) is -0.767. The summed E-state index contributed by atoms with van der Waals surface area (Å²) >= 11 is 0. The smallest absolute Gasteiger partial charge is 0.330 e. The zero-order valence-electron chi connectivity index (χ0n) is 10.9. The average Bonchev–Trinajstić information content (AvgIpc) is 2.29. The lowest BCUT2D eigenvalue weighted by molar-refractivity contribution is -0.141. The topological polar surface area (TPSA) is 75.6 Å². The third kappa shape index (κ3) is 2.80. The van der Waals surface area contributed by atoms with Crippen LogP contribution in [0.25, 0.3) is 0 Å². The lowest BCUT2D eigenvalue weighted by Crippen LogP contribution is -2.32. The summed E-state index contributed by atoms with van der Waals surface area (Å²) in [6.45, 7) is 4.96. The molecular formula is C13H17NO4. The Bertz CT molecular complexity index is 482. The van der Waals surface area contributed by atoms with Crippen LogP contribution in [0.1, 0.15) is 29.7 Å². The number of benzene rings is 1. The number of hydrogen-bond donors (Lipinski definition) is 2.